The molecular formula is C27H23ClN2O2. The maximum Gasteiger partial charge on any atom is 0.251 e. The molecule has 1 amide bonds. The number of hydrogen-bond donors (Lipinski definition) is 2. The molecule has 4 aromatic carbocycles. The van der Waals surface area contributed by atoms with Crippen molar-refractivity contribution in [3.8, 4) is 11.5 Å². The molecule has 1 unspecified atom stereocenters. The summed E-state index contributed by atoms with van der Waals surface area (Å²) in [5, 5.41) is 6.92. The highest BCUT2D eigenvalue weighted by molar-refractivity contribution is 6.31. The van der Waals surface area contributed by atoms with Gasteiger partial charge in [-0.3, -0.25) is 4.79 Å². The molecule has 0 aromatic heterocycles. The normalized spacial score (nSPS) is 11.4. The lowest BCUT2D eigenvalue weighted by Crippen LogP contribution is -2.27. The number of carbonyl (C=O) groups excluding carboxylic acids is 1. The highest BCUT2D eigenvalue weighted by atomic mass is 35.5. The molecule has 0 heterocycles. The van der Waals surface area contributed by atoms with Crippen LogP contribution < -0.4 is 15.4 Å². The van der Waals surface area contributed by atoms with Gasteiger partial charge in [-0.2, -0.15) is 0 Å². The maximum atomic E-state index is 13.2. The van der Waals surface area contributed by atoms with E-state index < -0.39 is 6.04 Å². The third-order valence-electron chi connectivity index (χ3n) is 4.96. The van der Waals surface area contributed by atoms with Gasteiger partial charge in [-0.05, 0) is 54.4 Å². The molecule has 0 fully saturated rings. The largest absolute Gasteiger partial charge is 0.457 e. The molecule has 0 aliphatic rings. The molecule has 0 aliphatic carbocycles. The Labute approximate surface area is 192 Å². The molecule has 0 saturated carbocycles. The molecule has 0 bridgehead atoms. The Morgan fingerprint density at radius 1 is 0.781 bits per heavy atom. The molecule has 5 heteroatoms. The summed E-state index contributed by atoms with van der Waals surface area (Å²) in [6, 6.07) is 31.6. The van der Waals surface area contributed by atoms with Crippen LogP contribution in [0.1, 0.15) is 17.2 Å². The summed E-state index contributed by atoms with van der Waals surface area (Å²) in [4.78, 5) is 13.2. The van der Waals surface area contributed by atoms with Gasteiger partial charge < -0.3 is 15.4 Å². The minimum atomic E-state index is -0.608. The molecule has 160 valence electrons. The molecule has 4 aromatic rings. The summed E-state index contributed by atoms with van der Waals surface area (Å²) in [5.41, 5.74) is 3.22. The van der Waals surface area contributed by atoms with Crippen LogP contribution in [0.15, 0.2) is 103 Å². The maximum absolute atomic E-state index is 13.2. The Kier molecular flexibility index (Phi) is 6.73. The van der Waals surface area contributed by atoms with E-state index in [-0.39, 0.29) is 5.91 Å². The highest BCUT2D eigenvalue weighted by Gasteiger charge is 2.21. The zero-order chi connectivity index (χ0) is 22.3. The van der Waals surface area contributed by atoms with Crippen molar-refractivity contribution in [2.75, 3.05) is 10.6 Å². The van der Waals surface area contributed by atoms with E-state index in [1.54, 1.807) is 6.07 Å². The van der Waals surface area contributed by atoms with Gasteiger partial charge in [0.2, 0.25) is 0 Å². The lowest BCUT2D eigenvalue weighted by atomic mass is 10.1. The topological polar surface area (TPSA) is 50.4 Å². The molecule has 4 rings (SSSR count). The third kappa shape index (κ3) is 5.48. The quantitative estimate of drug-likeness (QED) is 0.317. The second-order valence-corrected chi connectivity index (χ2v) is 7.79. The van der Waals surface area contributed by atoms with E-state index in [4.69, 9.17) is 16.3 Å². The van der Waals surface area contributed by atoms with E-state index in [2.05, 4.69) is 10.6 Å². The van der Waals surface area contributed by atoms with Crippen molar-refractivity contribution < 1.29 is 9.53 Å². The lowest BCUT2D eigenvalue weighted by molar-refractivity contribution is -0.117. The molecule has 32 heavy (non-hydrogen) atoms. The van der Waals surface area contributed by atoms with Crippen LogP contribution in [0.5, 0.6) is 11.5 Å². The van der Waals surface area contributed by atoms with Crippen LogP contribution in [0, 0.1) is 6.92 Å². The number of halogens is 1. The monoisotopic (exact) mass is 442 g/mol. The van der Waals surface area contributed by atoms with Crippen LogP contribution >= 0.6 is 11.6 Å². The second kappa shape index (κ2) is 10.0. The predicted molar refractivity (Wildman–Crippen MR) is 131 cm³/mol. The highest BCUT2D eigenvalue weighted by Crippen LogP contribution is 2.28. The zero-order valence-corrected chi connectivity index (χ0v) is 18.3. The lowest BCUT2D eigenvalue weighted by Gasteiger charge is -2.21. The first kappa shape index (κ1) is 21.5. The third-order valence-corrected chi connectivity index (χ3v) is 5.37. The number of amides is 1. The van der Waals surface area contributed by atoms with Crippen molar-refractivity contribution in [3.63, 3.8) is 0 Å². The fourth-order valence-corrected chi connectivity index (χ4v) is 3.45. The van der Waals surface area contributed by atoms with Gasteiger partial charge in [-0.15, -0.1) is 0 Å². The first-order valence-corrected chi connectivity index (χ1v) is 10.7. The van der Waals surface area contributed by atoms with Gasteiger partial charge in [0.25, 0.3) is 5.91 Å². The van der Waals surface area contributed by atoms with Gasteiger partial charge in [0.1, 0.15) is 17.5 Å². The van der Waals surface area contributed by atoms with Gasteiger partial charge >= 0.3 is 0 Å². The van der Waals surface area contributed by atoms with E-state index in [1.165, 1.54) is 0 Å². The SMILES string of the molecule is Cc1ccc(NC(=O)C(Nc2cccc(Oc3ccccc3)c2)c2ccccc2)cc1Cl. The van der Waals surface area contributed by atoms with Gasteiger partial charge in [-0.1, -0.05) is 72.3 Å². The molecule has 0 spiro atoms. The first-order valence-electron chi connectivity index (χ1n) is 10.3. The molecule has 0 saturated heterocycles. The number of nitrogens with one attached hydrogen (secondary N) is 2. The number of hydrogen-bond acceptors (Lipinski definition) is 3. The molecule has 4 nitrogen and oxygen atoms in total. The average Bonchev–Trinajstić information content (AvgIpc) is 2.81. The number of benzene rings is 4. The fraction of sp³-hybridized carbons (Fsp3) is 0.0741. The second-order valence-electron chi connectivity index (χ2n) is 7.38. The minimum Gasteiger partial charge on any atom is -0.457 e. The van der Waals surface area contributed by atoms with Crippen molar-refractivity contribution in [2.45, 2.75) is 13.0 Å². The van der Waals surface area contributed by atoms with Crippen LogP contribution in [0.3, 0.4) is 0 Å². The van der Waals surface area contributed by atoms with E-state index >= 15 is 0 Å². The summed E-state index contributed by atoms with van der Waals surface area (Å²) in [5.74, 6) is 1.24. The fourth-order valence-electron chi connectivity index (χ4n) is 3.27. The van der Waals surface area contributed by atoms with E-state index in [0.717, 1.165) is 22.6 Å². The number of rotatable bonds is 7. The van der Waals surface area contributed by atoms with Crippen LogP contribution in [0.4, 0.5) is 11.4 Å². The van der Waals surface area contributed by atoms with E-state index in [9.17, 15) is 4.79 Å². The molecule has 0 radical (unpaired) electrons. The number of ether oxygens (including phenoxy) is 1. The number of anilines is 2. The molecule has 0 aliphatic heterocycles. The summed E-state index contributed by atoms with van der Waals surface area (Å²) in [6.07, 6.45) is 0. The van der Waals surface area contributed by atoms with Gasteiger partial charge in [0.15, 0.2) is 0 Å². The predicted octanol–water partition coefficient (Wildman–Crippen LogP) is 7.23. The Morgan fingerprint density at radius 3 is 2.19 bits per heavy atom. The van der Waals surface area contributed by atoms with Gasteiger partial charge in [-0.25, -0.2) is 0 Å². The Balaban J connectivity index is 1.57. The van der Waals surface area contributed by atoms with Gasteiger partial charge in [0.05, 0.1) is 0 Å². The molecular weight excluding hydrogens is 420 g/mol. The minimum absolute atomic E-state index is 0.189. The van der Waals surface area contributed by atoms with Crippen molar-refractivity contribution >= 4 is 28.9 Å². The standard InChI is InChI=1S/C27H23ClN2O2/c1-19-15-16-22(18-25(19)28)30-27(31)26(20-9-4-2-5-10-20)29-21-11-8-14-24(17-21)32-23-12-6-3-7-13-23/h2-18,26,29H,1H3,(H,30,31). The van der Waals surface area contributed by atoms with E-state index in [1.807, 2.05) is 104 Å². The van der Waals surface area contributed by atoms with E-state index in [0.29, 0.717) is 16.5 Å². The summed E-state index contributed by atoms with van der Waals surface area (Å²) < 4.78 is 5.93. The Hall–Kier alpha value is -3.76. The Bertz CT molecular complexity index is 1200. The van der Waals surface area contributed by atoms with Crippen molar-refractivity contribution in [1.29, 1.82) is 0 Å². The number of aryl methyl sites for hydroxylation is 1. The van der Waals surface area contributed by atoms with Crippen molar-refractivity contribution in [2.24, 2.45) is 0 Å². The molecule has 2 N–H and O–H groups in total. The van der Waals surface area contributed by atoms with Crippen LogP contribution in [0.25, 0.3) is 0 Å². The van der Waals surface area contributed by atoms with Crippen LogP contribution in [-0.2, 0) is 4.79 Å². The van der Waals surface area contributed by atoms with Gasteiger partial charge in [0, 0.05) is 22.5 Å². The van der Waals surface area contributed by atoms with Crippen LogP contribution in [-0.4, -0.2) is 5.91 Å². The van der Waals surface area contributed by atoms with Crippen molar-refractivity contribution in [1.82, 2.24) is 0 Å². The zero-order valence-electron chi connectivity index (χ0n) is 17.6. The first-order chi connectivity index (χ1) is 15.6. The van der Waals surface area contributed by atoms with Crippen LogP contribution in [0.2, 0.25) is 5.02 Å². The molecule has 1 atom stereocenters. The summed E-state index contributed by atoms with van der Waals surface area (Å²) in [6.45, 7) is 1.92. The summed E-state index contributed by atoms with van der Waals surface area (Å²) in [7, 11) is 0. The number of carbonyl (C=O) groups is 1. The average molecular weight is 443 g/mol. The Morgan fingerprint density at radius 2 is 1.47 bits per heavy atom. The summed E-state index contributed by atoms with van der Waals surface area (Å²) >= 11 is 6.23. The number of para-hydroxylation sites is 1. The smallest absolute Gasteiger partial charge is 0.251 e. The van der Waals surface area contributed by atoms with Crippen molar-refractivity contribution in [3.05, 3.63) is 119 Å².